The maximum absolute atomic E-state index is 12.8. The van der Waals surface area contributed by atoms with E-state index < -0.39 is 15.6 Å². The summed E-state index contributed by atoms with van der Waals surface area (Å²) >= 11 is 0. The normalized spacial score (nSPS) is 18.5. The fraction of sp³-hybridized carbons (Fsp3) is 0.316. The maximum Gasteiger partial charge on any atom is 0.241 e. The Bertz CT molecular complexity index is 921. The van der Waals surface area contributed by atoms with Crippen molar-refractivity contribution in [2.24, 2.45) is 0 Å². The first kappa shape index (κ1) is 18.4. The van der Waals surface area contributed by atoms with Gasteiger partial charge >= 0.3 is 0 Å². The molecule has 0 bridgehead atoms. The summed E-state index contributed by atoms with van der Waals surface area (Å²) in [5.41, 5.74) is 0.899. The molecule has 1 heterocycles. The Morgan fingerprint density at radius 2 is 1.77 bits per heavy atom. The van der Waals surface area contributed by atoms with Crippen molar-refractivity contribution >= 4 is 21.6 Å². The van der Waals surface area contributed by atoms with Gasteiger partial charge in [0.1, 0.15) is 11.4 Å². The predicted molar refractivity (Wildman–Crippen MR) is 99.6 cm³/mol. The zero-order valence-electron chi connectivity index (χ0n) is 14.9. The zero-order valence-corrected chi connectivity index (χ0v) is 15.8. The summed E-state index contributed by atoms with van der Waals surface area (Å²) in [6.07, 6.45) is 0.521. The summed E-state index contributed by atoms with van der Waals surface area (Å²) in [7, 11) is -3.72. The van der Waals surface area contributed by atoms with Gasteiger partial charge in [-0.3, -0.25) is 4.79 Å². The Morgan fingerprint density at radius 3 is 2.42 bits per heavy atom. The first-order chi connectivity index (χ1) is 12.2. The molecular weight excluding hydrogens is 352 g/mol. The van der Waals surface area contributed by atoms with Gasteiger partial charge in [0.25, 0.3) is 0 Å². The Morgan fingerprint density at radius 1 is 1.12 bits per heavy atom. The van der Waals surface area contributed by atoms with Gasteiger partial charge in [0.05, 0.1) is 10.9 Å². The minimum atomic E-state index is -3.72. The van der Waals surface area contributed by atoms with Gasteiger partial charge in [-0.05, 0) is 44.2 Å². The quantitative estimate of drug-likeness (QED) is 0.860. The second-order valence-electron chi connectivity index (χ2n) is 6.98. The summed E-state index contributed by atoms with van der Waals surface area (Å²) in [6, 6.07) is 13.2. The number of hydrogen-bond donors (Lipinski definition) is 2. The fourth-order valence-electron chi connectivity index (χ4n) is 3.08. The second-order valence-corrected chi connectivity index (χ2v) is 8.70. The maximum atomic E-state index is 12.8. The van der Waals surface area contributed by atoms with E-state index in [4.69, 9.17) is 4.74 Å². The number of benzene rings is 2. The third-order valence-corrected chi connectivity index (χ3v) is 5.65. The smallest absolute Gasteiger partial charge is 0.241 e. The van der Waals surface area contributed by atoms with Crippen molar-refractivity contribution in [2.45, 2.75) is 43.7 Å². The molecule has 0 radical (unpaired) electrons. The Balaban J connectivity index is 1.86. The van der Waals surface area contributed by atoms with Crippen LogP contribution in [0.2, 0.25) is 0 Å². The van der Waals surface area contributed by atoms with Crippen LogP contribution in [0.1, 0.15) is 38.8 Å². The molecule has 0 saturated heterocycles. The molecule has 3 rings (SSSR count). The van der Waals surface area contributed by atoms with Crippen LogP contribution >= 0.6 is 0 Å². The molecule has 1 unspecified atom stereocenters. The standard InChI is InChI=1S/C19H22N2O4S/c1-13(22)20-14-8-10-15(11-9-14)26(23,24)21-17-12-19(2,3)25-18-7-5-4-6-16(17)18/h4-11,17,21H,12H2,1-3H3,(H,20,22). The van der Waals surface area contributed by atoms with Crippen molar-refractivity contribution in [3.8, 4) is 5.75 Å². The summed E-state index contributed by atoms with van der Waals surface area (Å²) < 4.78 is 34.4. The molecular formula is C19H22N2O4S. The molecule has 2 aromatic rings. The number of amides is 1. The number of para-hydroxylation sites is 1. The summed E-state index contributed by atoms with van der Waals surface area (Å²) in [5, 5.41) is 2.62. The van der Waals surface area contributed by atoms with Crippen molar-refractivity contribution < 1.29 is 17.9 Å². The van der Waals surface area contributed by atoms with E-state index in [1.807, 2.05) is 38.1 Å². The highest BCUT2D eigenvalue weighted by Gasteiger charge is 2.35. The third kappa shape index (κ3) is 4.05. The first-order valence-corrected chi connectivity index (χ1v) is 9.82. The Kier molecular flexibility index (Phi) is 4.77. The number of carbonyl (C=O) groups excluding carboxylic acids is 1. The van der Waals surface area contributed by atoms with Crippen LogP contribution in [0.3, 0.4) is 0 Å². The molecule has 0 aliphatic carbocycles. The van der Waals surface area contributed by atoms with Crippen molar-refractivity contribution in [1.82, 2.24) is 4.72 Å². The lowest BCUT2D eigenvalue weighted by atomic mass is 9.90. The highest BCUT2D eigenvalue weighted by atomic mass is 32.2. The molecule has 0 fully saturated rings. The van der Waals surface area contributed by atoms with Crippen molar-refractivity contribution in [2.75, 3.05) is 5.32 Å². The van der Waals surface area contributed by atoms with Gasteiger partial charge in [-0.15, -0.1) is 0 Å². The predicted octanol–water partition coefficient (Wildman–Crippen LogP) is 3.23. The van der Waals surface area contributed by atoms with E-state index in [1.165, 1.54) is 19.1 Å². The minimum absolute atomic E-state index is 0.147. The van der Waals surface area contributed by atoms with E-state index in [1.54, 1.807) is 12.1 Å². The van der Waals surface area contributed by atoms with Crippen molar-refractivity contribution in [1.29, 1.82) is 0 Å². The summed E-state index contributed by atoms with van der Waals surface area (Å²) in [4.78, 5) is 11.2. The van der Waals surface area contributed by atoms with Crippen LogP contribution in [0.15, 0.2) is 53.4 Å². The largest absolute Gasteiger partial charge is 0.487 e. The average Bonchev–Trinajstić information content (AvgIpc) is 2.53. The van der Waals surface area contributed by atoms with Crippen LogP contribution in [-0.4, -0.2) is 19.9 Å². The van der Waals surface area contributed by atoms with Crippen LogP contribution < -0.4 is 14.8 Å². The molecule has 2 N–H and O–H groups in total. The molecule has 0 spiro atoms. The van der Waals surface area contributed by atoms with E-state index in [0.29, 0.717) is 17.9 Å². The highest BCUT2D eigenvalue weighted by Crippen LogP contribution is 2.39. The lowest BCUT2D eigenvalue weighted by Gasteiger charge is -2.37. The van der Waals surface area contributed by atoms with Gasteiger partial charge in [-0.25, -0.2) is 13.1 Å². The van der Waals surface area contributed by atoms with E-state index in [-0.39, 0.29) is 16.8 Å². The van der Waals surface area contributed by atoms with Gasteiger partial charge in [-0.1, -0.05) is 18.2 Å². The van der Waals surface area contributed by atoms with Crippen LogP contribution in [0.5, 0.6) is 5.75 Å². The van der Waals surface area contributed by atoms with E-state index in [0.717, 1.165) is 5.56 Å². The number of fused-ring (bicyclic) bond motifs is 1. The van der Waals surface area contributed by atoms with Crippen molar-refractivity contribution in [3.63, 3.8) is 0 Å². The van der Waals surface area contributed by atoms with E-state index >= 15 is 0 Å². The van der Waals surface area contributed by atoms with Crippen LogP contribution in [0.25, 0.3) is 0 Å². The number of nitrogens with one attached hydrogen (secondary N) is 2. The molecule has 0 aromatic heterocycles. The van der Waals surface area contributed by atoms with Crippen molar-refractivity contribution in [3.05, 3.63) is 54.1 Å². The lowest BCUT2D eigenvalue weighted by molar-refractivity contribution is -0.114. The topological polar surface area (TPSA) is 84.5 Å². The SMILES string of the molecule is CC(=O)Nc1ccc(S(=O)(=O)NC2CC(C)(C)Oc3ccccc32)cc1. The first-order valence-electron chi connectivity index (χ1n) is 8.34. The molecule has 138 valence electrons. The molecule has 1 atom stereocenters. The molecule has 1 aliphatic rings. The summed E-state index contributed by atoms with van der Waals surface area (Å²) in [5.74, 6) is 0.484. The van der Waals surface area contributed by atoms with Gasteiger partial charge in [0.2, 0.25) is 15.9 Å². The molecule has 6 nitrogen and oxygen atoms in total. The third-order valence-electron chi connectivity index (χ3n) is 4.16. The zero-order chi connectivity index (χ0) is 18.9. The monoisotopic (exact) mass is 374 g/mol. The van der Waals surface area contributed by atoms with Crippen LogP contribution in [0.4, 0.5) is 5.69 Å². The summed E-state index contributed by atoms with van der Waals surface area (Å²) in [6.45, 7) is 5.27. The Labute approximate surface area is 153 Å². The van der Waals surface area contributed by atoms with Gasteiger partial charge < -0.3 is 10.1 Å². The average molecular weight is 374 g/mol. The van der Waals surface area contributed by atoms with E-state index in [2.05, 4.69) is 10.0 Å². The molecule has 0 saturated carbocycles. The number of carbonyl (C=O) groups is 1. The lowest BCUT2D eigenvalue weighted by Crippen LogP contribution is -2.41. The number of sulfonamides is 1. The van der Waals surface area contributed by atoms with Crippen LogP contribution in [0, 0.1) is 0 Å². The van der Waals surface area contributed by atoms with E-state index in [9.17, 15) is 13.2 Å². The van der Waals surface area contributed by atoms with Gasteiger partial charge in [0, 0.05) is 24.6 Å². The number of rotatable bonds is 4. The molecule has 1 aliphatic heterocycles. The second kappa shape index (κ2) is 6.74. The van der Waals surface area contributed by atoms with Gasteiger partial charge in [0.15, 0.2) is 0 Å². The number of anilines is 1. The minimum Gasteiger partial charge on any atom is -0.487 e. The highest BCUT2D eigenvalue weighted by molar-refractivity contribution is 7.89. The van der Waals surface area contributed by atoms with Gasteiger partial charge in [-0.2, -0.15) is 0 Å². The fourth-order valence-corrected chi connectivity index (χ4v) is 4.30. The Hall–Kier alpha value is -2.38. The number of ether oxygens (including phenoxy) is 1. The van der Waals surface area contributed by atoms with Crippen LogP contribution in [-0.2, 0) is 14.8 Å². The molecule has 1 amide bonds. The molecule has 7 heteroatoms. The molecule has 26 heavy (non-hydrogen) atoms. The number of hydrogen-bond acceptors (Lipinski definition) is 4. The molecule has 2 aromatic carbocycles.